The molecule has 6 heteroatoms. The molecule has 0 amide bonds. The Morgan fingerprint density at radius 2 is 2.27 bits per heavy atom. The van der Waals surface area contributed by atoms with Gasteiger partial charge in [-0.1, -0.05) is 0 Å². The van der Waals surface area contributed by atoms with E-state index in [0.29, 0.717) is 18.2 Å². The van der Waals surface area contributed by atoms with Crippen LogP contribution in [0.5, 0.6) is 0 Å². The molecule has 0 aliphatic heterocycles. The third kappa shape index (κ3) is 3.41. The smallest absolute Gasteiger partial charge is 0.325 e. The monoisotopic (exact) mass is 210 g/mol. The molecule has 0 fully saturated rings. The normalized spacial score (nSPS) is 9.73. The number of nitrogens with two attached hydrogens (primary N) is 1. The number of aromatic nitrogens is 2. The van der Waals surface area contributed by atoms with Gasteiger partial charge in [0.05, 0.1) is 19.0 Å². The molecule has 15 heavy (non-hydrogen) atoms. The summed E-state index contributed by atoms with van der Waals surface area (Å²) in [7, 11) is 1.73. The van der Waals surface area contributed by atoms with Gasteiger partial charge in [-0.25, -0.2) is 9.97 Å². The molecule has 1 rings (SSSR count). The number of hydrogen-bond acceptors (Lipinski definition) is 6. The van der Waals surface area contributed by atoms with E-state index >= 15 is 0 Å². The lowest BCUT2D eigenvalue weighted by Crippen LogP contribution is -2.27. The third-order valence-electron chi connectivity index (χ3n) is 1.72. The van der Waals surface area contributed by atoms with Crippen LogP contribution in [0.1, 0.15) is 6.92 Å². The Morgan fingerprint density at radius 1 is 1.53 bits per heavy atom. The summed E-state index contributed by atoms with van der Waals surface area (Å²) in [6, 6.07) is 0. The van der Waals surface area contributed by atoms with Gasteiger partial charge in [0.25, 0.3) is 0 Å². The van der Waals surface area contributed by atoms with Gasteiger partial charge in [-0.3, -0.25) is 4.79 Å². The van der Waals surface area contributed by atoms with Crippen LogP contribution in [0.15, 0.2) is 12.4 Å². The quantitative estimate of drug-likeness (QED) is 0.707. The fourth-order valence-corrected chi connectivity index (χ4v) is 1.01. The third-order valence-corrected chi connectivity index (χ3v) is 1.72. The number of esters is 1. The minimum Gasteiger partial charge on any atom is -0.465 e. The molecule has 1 heterocycles. The second-order valence-corrected chi connectivity index (χ2v) is 2.96. The molecular weight excluding hydrogens is 196 g/mol. The predicted octanol–water partition coefficient (Wildman–Crippen LogP) is 0.0581. The Morgan fingerprint density at radius 3 is 2.80 bits per heavy atom. The summed E-state index contributed by atoms with van der Waals surface area (Å²) in [5.41, 5.74) is 5.39. The zero-order chi connectivity index (χ0) is 11.3. The van der Waals surface area contributed by atoms with Gasteiger partial charge in [0.15, 0.2) is 0 Å². The summed E-state index contributed by atoms with van der Waals surface area (Å²) in [5.74, 6) is 0.638. The summed E-state index contributed by atoms with van der Waals surface area (Å²) < 4.78 is 4.80. The van der Waals surface area contributed by atoms with Gasteiger partial charge >= 0.3 is 5.97 Å². The first-order valence-corrected chi connectivity index (χ1v) is 4.57. The topological polar surface area (TPSA) is 81.3 Å². The van der Waals surface area contributed by atoms with Crippen molar-refractivity contribution < 1.29 is 9.53 Å². The average molecular weight is 210 g/mol. The molecule has 0 aliphatic rings. The molecule has 0 aromatic carbocycles. The fourth-order valence-electron chi connectivity index (χ4n) is 1.01. The molecule has 2 N–H and O–H groups in total. The van der Waals surface area contributed by atoms with Crippen molar-refractivity contribution in [3.63, 3.8) is 0 Å². The van der Waals surface area contributed by atoms with Crippen LogP contribution in [0.3, 0.4) is 0 Å². The van der Waals surface area contributed by atoms with E-state index in [1.165, 1.54) is 12.4 Å². The van der Waals surface area contributed by atoms with Gasteiger partial charge in [-0.15, -0.1) is 0 Å². The number of nitrogen functional groups attached to an aromatic ring is 1. The van der Waals surface area contributed by atoms with Gasteiger partial charge in [0.1, 0.15) is 18.2 Å². The summed E-state index contributed by atoms with van der Waals surface area (Å²) in [6.45, 7) is 2.29. The molecule has 0 saturated heterocycles. The summed E-state index contributed by atoms with van der Waals surface area (Å²) >= 11 is 0. The number of nitrogens with zero attached hydrogens (tertiary/aromatic N) is 3. The van der Waals surface area contributed by atoms with E-state index in [2.05, 4.69) is 9.97 Å². The zero-order valence-electron chi connectivity index (χ0n) is 8.80. The van der Waals surface area contributed by atoms with Crippen molar-refractivity contribution in [1.29, 1.82) is 0 Å². The van der Waals surface area contributed by atoms with Gasteiger partial charge in [-0.2, -0.15) is 0 Å². The second kappa shape index (κ2) is 5.14. The molecule has 0 atom stereocenters. The van der Waals surface area contributed by atoms with Crippen LogP contribution in [0.4, 0.5) is 11.6 Å². The lowest BCUT2D eigenvalue weighted by molar-refractivity contribution is -0.141. The lowest BCUT2D eigenvalue weighted by atomic mass is 10.5. The number of likely N-dealkylation sites (N-methyl/N-ethyl adjacent to an activating group) is 1. The first-order chi connectivity index (χ1) is 7.13. The van der Waals surface area contributed by atoms with Crippen LogP contribution in [-0.2, 0) is 9.53 Å². The van der Waals surface area contributed by atoms with Crippen molar-refractivity contribution in [3.05, 3.63) is 12.4 Å². The highest BCUT2D eigenvalue weighted by Crippen LogP contribution is 2.06. The molecule has 1 aromatic heterocycles. The minimum atomic E-state index is -0.293. The first kappa shape index (κ1) is 11.2. The minimum absolute atomic E-state index is 0.145. The van der Waals surface area contributed by atoms with Crippen LogP contribution >= 0.6 is 0 Å². The van der Waals surface area contributed by atoms with Gasteiger partial charge in [0.2, 0.25) is 0 Å². The maximum Gasteiger partial charge on any atom is 0.325 e. The van der Waals surface area contributed by atoms with Crippen molar-refractivity contribution in [2.45, 2.75) is 6.92 Å². The molecule has 1 aromatic rings. The van der Waals surface area contributed by atoms with Gasteiger partial charge in [-0.05, 0) is 6.92 Å². The number of anilines is 2. The van der Waals surface area contributed by atoms with E-state index in [4.69, 9.17) is 10.5 Å². The number of hydrogen-bond donors (Lipinski definition) is 1. The Bertz CT molecular complexity index is 325. The van der Waals surface area contributed by atoms with Crippen LogP contribution in [0.2, 0.25) is 0 Å². The maximum atomic E-state index is 11.2. The summed E-state index contributed by atoms with van der Waals surface area (Å²) in [5, 5.41) is 0. The van der Waals surface area contributed by atoms with E-state index in [9.17, 15) is 4.79 Å². The first-order valence-electron chi connectivity index (χ1n) is 4.57. The molecule has 0 aliphatic carbocycles. The van der Waals surface area contributed by atoms with E-state index in [1.54, 1.807) is 18.9 Å². The highest BCUT2D eigenvalue weighted by atomic mass is 16.5. The van der Waals surface area contributed by atoms with Crippen molar-refractivity contribution in [2.24, 2.45) is 0 Å². The number of carbonyl (C=O) groups is 1. The van der Waals surface area contributed by atoms with Crippen molar-refractivity contribution in [3.8, 4) is 0 Å². The van der Waals surface area contributed by atoms with Crippen molar-refractivity contribution >= 4 is 17.6 Å². The average Bonchev–Trinajstić information content (AvgIpc) is 2.18. The van der Waals surface area contributed by atoms with Crippen molar-refractivity contribution in [2.75, 3.05) is 30.8 Å². The highest BCUT2D eigenvalue weighted by Gasteiger charge is 2.08. The fraction of sp³-hybridized carbons (Fsp3) is 0.444. The maximum absolute atomic E-state index is 11.2. The molecule has 82 valence electrons. The molecule has 6 nitrogen and oxygen atoms in total. The molecule has 0 unspecified atom stereocenters. The van der Waals surface area contributed by atoms with Crippen LogP contribution in [-0.4, -0.2) is 36.1 Å². The predicted molar refractivity (Wildman–Crippen MR) is 56.3 cm³/mol. The van der Waals surface area contributed by atoms with E-state index in [1.807, 2.05) is 0 Å². The Labute approximate surface area is 88.1 Å². The lowest BCUT2D eigenvalue weighted by Gasteiger charge is -2.16. The molecule has 0 saturated carbocycles. The number of ether oxygens (including phenoxy) is 1. The van der Waals surface area contributed by atoms with E-state index in [0.717, 1.165) is 0 Å². The molecule has 0 bridgehead atoms. The second-order valence-electron chi connectivity index (χ2n) is 2.96. The Balaban J connectivity index is 2.57. The number of rotatable bonds is 4. The summed E-state index contributed by atoms with van der Waals surface area (Å²) in [4.78, 5) is 20.7. The largest absolute Gasteiger partial charge is 0.465 e. The number of carbonyl (C=O) groups excluding carboxylic acids is 1. The van der Waals surface area contributed by atoms with Gasteiger partial charge < -0.3 is 15.4 Å². The zero-order valence-corrected chi connectivity index (χ0v) is 8.80. The van der Waals surface area contributed by atoms with E-state index < -0.39 is 0 Å². The highest BCUT2D eigenvalue weighted by molar-refractivity contribution is 5.75. The van der Waals surface area contributed by atoms with E-state index in [-0.39, 0.29) is 12.5 Å². The van der Waals surface area contributed by atoms with Crippen LogP contribution in [0.25, 0.3) is 0 Å². The Kier molecular flexibility index (Phi) is 3.84. The Hall–Kier alpha value is -1.85. The summed E-state index contributed by atoms with van der Waals surface area (Å²) in [6.07, 6.45) is 2.95. The molecule has 0 radical (unpaired) electrons. The van der Waals surface area contributed by atoms with Crippen LogP contribution < -0.4 is 10.6 Å². The molecular formula is C9H14N4O2. The molecule has 0 spiro atoms. The van der Waals surface area contributed by atoms with Crippen LogP contribution in [0, 0.1) is 0 Å². The van der Waals surface area contributed by atoms with Gasteiger partial charge in [0, 0.05) is 7.05 Å². The SMILES string of the molecule is CCOC(=O)CN(C)c1cnc(N)cn1. The van der Waals surface area contributed by atoms with Crippen molar-refractivity contribution in [1.82, 2.24) is 9.97 Å². The standard InChI is InChI=1S/C9H14N4O2/c1-3-15-9(14)6-13(2)8-5-11-7(10)4-12-8/h4-5H,3,6H2,1-2H3,(H2,10,11).